The number of amides is 1. The zero-order valence-corrected chi connectivity index (χ0v) is 8.52. The van der Waals surface area contributed by atoms with Crippen LogP contribution in [-0.2, 0) is 9.93 Å². The normalized spacial score (nSPS) is 12.7. The molecule has 0 radical (unpaired) electrons. The maximum atomic E-state index is 11.3. The van der Waals surface area contributed by atoms with Crippen molar-refractivity contribution in [2.45, 2.75) is 13.8 Å². The van der Waals surface area contributed by atoms with E-state index in [9.17, 15) is 9.00 Å². The highest BCUT2D eigenvalue weighted by Crippen LogP contribution is 2.02. The summed E-state index contributed by atoms with van der Waals surface area (Å²) in [6.45, 7) is 5.05. The van der Waals surface area contributed by atoms with Crippen molar-refractivity contribution in [3.05, 3.63) is 0 Å². The SMILES string of the molecule is CCN(CC)C(=O)[SH](C)(C)=O. The lowest BCUT2D eigenvalue weighted by atomic mass is 10.6. The lowest BCUT2D eigenvalue weighted by molar-refractivity contribution is 0.227. The van der Waals surface area contributed by atoms with Crippen LogP contribution in [0.3, 0.4) is 0 Å². The Balaban J connectivity index is 4.34. The lowest BCUT2D eigenvalue weighted by Crippen LogP contribution is -2.37. The van der Waals surface area contributed by atoms with E-state index in [0.29, 0.717) is 13.1 Å². The molecule has 0 fully saturated rings. The molecule has 0 unspecified atom stereocenters. The van der Waals surface area contributed by atoms with E-state index in [1.165, 1.54) is 12.5 Å². The Morgan fingerprint density at radius 3 is 1.73 bits per heavy atom. The fourth-order valence-corrected chi connectivity index (χ4v) is 1.80. The van der Waals surface area contributed by atoms with Crippen molar-refractivity contribution in [2.75, 3.05) is 25.6 Å². The molecule has 0 saturated carbocycles. The zero-order chi connectivity index (χ0) is 9.07. The van der Waals surface area contributed by atoms with Crippen molar-refractivity contribution in [2.24, 2.45) is 0 Å². The van der Waals surface area contributed by atoms with Crippen LogP contribution in [0.15, 0.2) is 0 Å². The Bertz CT molecular complexity index is 181. The summed E-state index contributed by atoms with van der Waals surface area (Å²) in [6.07, 6.45) is 3.02. The molecule has 0 aromatic rings. The molecule has 0 atom stereocenters. The molecule has 0 aromatic carbocycles. The molecule has 0 aromatic heterocycles. The highest BCUT2D eigenvalue weighted by atomic mass is 32.2. The molecule has 0 heterocycles. The minimum atomic E-state index is -2.56. The van der Waals surface area contributed by atoms with E-state index in [0.717, 1.165) is 0 Å². The smallest absolute Gasteiger partial charge is 0.287 e. The molecule has 3 nitrogen and oxygen atoms in total. The first-order valence-corrected chi connectivity index (χ1v) is 6.38. The van der Waals surface area contributed by atoms with Crippen LogP contribution in [0.2, 0.25) is 0 Å². The summed E-state index contributed by atoms with van der Waals surface area (Å²) in [5.41, 5.74) is 0. The molecule has 0 aliphatic carbocycles. The van der Waals surface area contributed by atoms with E-state index in [-0.39, 0.29) is 5.24 Å². The fraction of sp³-hybridized carbons (Fsp3) is 0.857. The summed E-state index contributed by atoms with van der Waals surface area (Å²) in [6, 6.07) is 0. The van der Waals surface area contributed by atoms with Crippen LogP contribution in [0.5, 0.6) is 0 Å². The molecular formula is C7H17NO2S. The second-order valence-electron chi connectivity index (χ2n) is 2.81. The van der Waals surface area contributed by atoms with Crippen molar-refractivity contribution in [3.63, 3.8) is 0 Å². The monoisotopic (exact) mass is 179 g/mol. The van der Waals surface area contributed by atoms with Crippen molar-refractivity contribution in [1.82, 2.24) is 4.90 Å². The maximum Gasteiger partial charge on any atom is 0.287 e. The molecule has 1 amide bonds. The van der Waals surface area contributed by atoms with Crippen LogP contribution in [0.4, 0.5) is 4.79 Å². The largest absolute Gasteiger partial charge is 0.334 e. The first-order chi connectivity index (χ1) is 4.93. The van der Waals surface area contributed by atoms with Crippen LogP contribution in [-0.4, -0.2) is 39.9 Å². The third-order valence-electron chi connectivity index (χ3n) is 1.49. The van der Waals surface area contributed by atoms with Gasteiger partial charge in [-0.1, -0.05) is 0 Å². The quantitative estimate of drug-likeness (QED) is 0.634. The minimum absolute atomic E-state index is 0.206. The Hall–Kier alpha value is -0.380. The first kappa shape index (κ1) is 10.6. The van der Waals surface area contributed by atoms with Gasteiger partial charge >= 0.3 is 0 Å². The van der Waals surface area contributed by atoms with Crippen molar-refractivity contribution in [3.8, 4) is 0 Å². The van der Waals surface area contributed by atoms with Crippen LogP contribution in [0.1, 0.15) is 13.8 Å². The summed E-state index contributed by atoms with van der Waals surface area (Å²) in [5, 5.41) is -0.206. The molecule has 0 bridgehead atoms. The third kappa shape index (κ3) is 3.01. The summed E-state index contributed by atoms with van der Waals surface area (Å²) < 4.78 is 11.3. The highest BCUT2D eigenvalue weighted by molar-refractivity contribution is 8.15. The van der Waals surface area contributed by atoms with Gasteiger partial charge in [-0.3, -0.25) is 9.00 Å². The standard InChI is InChI=1S/C7H17NO2S/c1-5-8(6-2)7(9)11(3,4)10/h11H,5-6H2,1-4H3. The van der Waals surface area contributed by atoms with Crippen molar-refractivity contribution >= 4 is 15.2 Å². The lowest BCUT2D eigenvalue weighted by Gasteiger charge is -2.23. The molecule has 0 rings (SSSR count). The van der Waals surface area contributed by atoms with Gasteiger partial charge in [-0.2, -0.15) is 0 Å². The Morgan fingerprint density at radius 1 is 1.27 bits per heavy atom. The number of rotatable bonds is 2. The molecule has 0 aliphatic rings. The Kier molecular flexibility index (Phi) is 3.72. The Morgan fingerprint density at radius 2 is 1.64 bits per heavy atom. The molecule has 68 valence electrons. The van der Waals surface area contributed by atoms with Gasteiger partial charge < -0.3 is 4.90 Å². The summed E-state index contributed by atoms with van der Waals surface area (Å²) in [4.78, 5) is 12.9. The molecule has 11 heavy (non-hydrogen) atoms. The number of hydrogen-bond donors (Lipinski definition) is 1. The molecule has 0 aliphatic heterocycles. The van der Waals surface area contributed by atoms with Gasteiger partial charge in [0.1, 0.15) is 0 Å². The predicted octanol–water partition coefficient (Wildman–Crippen LogP) is 0.724. The van der Waals surface area contributed by atoms with Crippen LogP contribution in [0, 0.1) is 0 Å². The van der Waals surface area contributed by atoms with Crippen LogP contribution < -0.4 is 0 Å². The van der Waals surface area contributed by atoms with Gasteiger partial charge in [-0.05, 0) is 36.3 Å². The van der Waals surface area contributed by atoms with E-state index in [2.05, 4.69) is 0 Å². The van der Waals surface area contributed by atoms with E-state index in [4.69, 9.17) is 0 Å². The van der Waals surface area contributed by atoms with Gasteiger partial charge in [0.25, 0.3) is 5.24 Å². The van der Waals surface area contributed by atoms with Gasteiger partial charge in [0.05, 0.1) is 0 Å². The fourth-order valence-electron chi connectivity index (χ4n) is 0.835. The third-order valence-corrected chi connectivity index (χ3v) is 2.70. The number of carbonyl (C=O) groups excluding carboxylic acids is 1. The predicted molar refractivity (Wildman–Crippen MR) is 49.7 cm³/mol. The summed E-state index contributed by atoms with van der Waals surface area (Å²) >= 11 is 0. The average molecular weight is 179 g/mol. The van der Waals surface area contributed by atoms with Gasteiger partial charge in [0.15, 0.2) is 0 Å². The van der Waals surface area contributed by atoms with Crippen molar-refractivity contribution < 1.29 is 9.00 Å². The maximum absolute atomic E-state index is 11.3. The highest BCUT2D eigenvalue weighted by Gasteiger charge is 2.18. The topological polar surface area (TPSA) is 37.4 Å². The van der Waals surface area contributed by atoms with E-state index in [1.807, 2.05) is 13.8 Å². The van der Waals surface area contributed by atoms with E-state index in [1.54, 1.807) is 4.90 Å². The second-order valence-corrected chi connectivity index (χ2v) is 5.89. The first-order valence-electron chi connectivity index (χ1n) is 3.78. The van der Waals surface area contributed by atoms with Crippen LogP contribution in [0.25, 0.3) is 0 Å². The van der Waals surface area contributed by atoms with E-state index < -0.39 is 9.93 Å². The van der Waals surface area contributed by atoms with Gasteiger partial charge in [-0.25, -0.2) is 0 Å². The molecule has 0 N–H and O–H groups in total. The summed E-state index contributed by atoms with van der Waals surface area (Å²) in [5.74, 6) is 0. The van der Waals surface area contributed by atoms with Crippen LogP contribution >= 0.6 is 0 Å². The van der Waals surface area contributed by atoms with Crippen molar-refractivity contribution in [1.29, 1.82) is 0 Å². The number of hydrogen-bond acceptors (Lipinski definition) is 2. The minimum Gasteiger partial charge on any atom is -0.334 e. The average Bonchev–Trinajstić information content (AvgIpc) is 1.88. The van der Waals surface area contributed by atoms with E-state index >= 15 is 0 Å². The molecular weight excluding hydrogens is 162 g/mol. The van der Waals surface area contributed by atoms with Gasteiger partial charge in [-0.15, -0.1) is 0 Å². The number of nitrogens with zero attached hydrogens (tertiary/aromatic N) is 1. The molecule has 4 heteroatoms. The molecule has 0 spiro atoms. The molecule has 0 saturated heterocycles. The summed E-state index contributed by atoms with van der Waals surface area (Å²) in [7, 11) is -2.56. The number of thiol groups is 1. The Labute approximate surface area is 69.2 Å². The number of carbonyl (C=O) groups is 1. The van der Waals surface area contributed by atoms with Gasteiger partial charge in [0.2, 0.25) is 0 Å². The van der Waals surface area contributed by atoms with Gasteiger partial charge in [0, 0.05) is 13.1 Å². The zero-order valence-electron chi connectivity index (χ0n) is 7.63. The second kappa shape index (κ2) is 3.85.